The molecule has 0 aromatic carbocycles. The first kappa shape index (κ1) is 6.33. The summed E-state index contributed by atoms with van der Waals surface area (Å²) in [6, 6.07) is 0. The third-order valence-electron chi connectivity index (χ3n) is 1.73. The maximum absolute atomic E-state index is 10.8. The number of hydrogen-bond acceptors (Lipinski definition) is 1. The molecule has 50 valence electrons. The van der Waals surface area contributed by atoms with E-state index in [1.165, 1.54) is 0 Å². The molecule has 0 N–H and O–H groups in total. The van der Waals surface area contributed by atoms with Gasteiger partial charge in [0.05, 0.1) is 0 Å². The first-order valence-electron chi connectivity index (χ1n) is 3.17. The zero-order valence-corrected chi connectivity index (χ0v) is 5.85. The van der Waals surface area contributed by atoms with Gasteiger partial charge in [-0.2, -0.15) is 0 Å². The van der Waals surface area contributed by atoms with Crippen molar-refractivity contribution in [3.8, 4) is 0 Å². The van der Waals surface area contributed by atoms with Gasteiger partial charge in [-0.15, -0.1) is 0 Å². The Morgan fingerprint density at radius 1 is 1.56 bits per heavy atom. The van der Waals surface area contributed by atoms with Crippen molar-refractivity contribution in [3.05, 3.63) is 11.8 Å². The molecule has 0 aliphatic carbocycles. The molecular weight excluding hydrogens is 114 g/mol. The Kier molecular flexibility index (Phi) is 1.56. The summed E-state index contributed by atoms with van der Waals surface area (Å²) < 4.78 is 0. The molecule has 1 amide bonds. The van der Waals surface area contributed by atoms with Gasteiger partial charge in [0.25, 0.3) is 0 Å². The standard InChI is InChI=1S/C7H11NO/c1-3-6-4-5-7(9)8(6)2/h3H,4-5H2,1-2H3. The Morgan fingerprint density at radius 3 is 2.44 bits per heavy atom. The molecule has 0 aromatic heterocycles. The quantitative estimate of drug-likeness (QED) is 0.475. The predicted octanol–water partition coefficient (Wildman–Crippen LogP) is 1.14. The van der Waals surface area contributed by atoms with E-state index in [0.717, 1.165) is 12.1 Å². The van der Waals surface area contributed by atoms with Crippen LogP contribution in [-0.4, -0.2) is 17.9 Å². The number of hydrogen-bond donors (Lipinski definition) is 0. The molecule has 2 heteroatoms. The van der Waals surface area contributed by atoms with Crippen molar-refractivity contribution >= 4 is 5.91 Å². The van der Waals surface area contributed by atoms with Crippen LogP contribution in [0.4, 0.5) is 0 Å². The minimum absolute atomic E-state index is 0.239. The van der Waals surface area contributed by atoms with Gasteiger partial charge in [-0.25, -0.2) is 0 Å². The van der Waals surface area contributed by atoms with E-state index in [4.69, 9.17) is 0 Å². The Labute approximate surface area is 55.2 Å². The summed E-state index contributed by atoms with van der Waals surface area (Å²) in [5, 5.41) is 0. The molecule has 0 saturated carbocycles. The lowest BCUT2D eigenvalue weighted by Gasteiger charge is -2.08. The highest BCUT2D eigenvalue weighted by molar-refractivity contribution is 5.80. The molecule has 0 radical (unpaired) electrons. The molecule has 0 unspecified atom stereocenters. The van der Waals surface area contributed by atoms with Gasteiger partial charge in [-0.05, 0) is 13.3 Å². The Hall–Kier alpha value is -0.790. The number of nitrogens with zero attached hydrogens (tertiary/aromatic N) is 1. The number of carbonyl (C=O) groups is 1. The normalized spacial score (nSPS) is 24.0. The third kappa shape index (κ3) is 0.969. The van der Waals surface area contributed by atoms with Crippen molar-refractivity contribution in [2.75, 3.05) is 7.05 Å². The maximum Gasteiger partial charge on any atom is 0.226 e. The van der Waals surface area contributed by atoms with Gasteiger partial charge in [0.15, 0.2) is 0 Å². The van der Waals surface area contributed by atoms with E-state index in [-0.39, 0.29) is 5.91 Å². The van der Waals surface area contributed by atoms with E-state index in [1.54, 1.807) is 4.90 Å². The lowest BCUT2D eigenvalue weighted by atomic mass is 10.3. The van der Waals surface area contributed by atoms with E-state index in [2.05, 4.69) is 0 Å². The molecule has 0 aromatic rings. The highest BCUT2D eigenvalue weighted by atomic mass is 16.2. The van der Waals surface area contributed by atoms with Crippen LogP contribution in [0.1, 0.15) is 19.8 Å². The zero-order valence-electron chi connectivity index (χ0n) is 5.85. The molecule has 0 spiro atoms. The van der Waals surface area contributed by atoms with Crippen molar-refractivity contribution < 1.29 is 4.79 Å². The molecule has 1 heterocycles. The number of rotatable bonds is 0. The van der Waals surface area contributed by atoms with Crippen LogP contribution >= 0.6 is 0 Å². The van der Waals surface area contributed by atoms with E-state index in [0.29, 0.717) is 6.42 Å². The van der Waals surface area contributed by atoms with Crippen molar-refractivity contribution in [3.63, 3.8) is 0 Å². The first-order valence-corrected chi connectivity index (χ1v) is 3.17. The third-order valence-corrected chi connectivity index (χ3v) is 1.73. The van der Waals surface area contributed by atoms with Gasteiger partial charge in [-0.3, -0.25) is 4.79 Å². The van der Waals surface area contributed by atoms with Crippen LogP contribution in [0.5, 0.6) is 0 Å². The molecule has 1 saturated heterocycles. The summed E-state index contributed by atoms with van der Waals surface area (Å²) in [6.45, 7) is 1.96. The summed E-state index contributed by atoms with van der Waals surface area (Å²) in [6.07, 6.45) is 3.60. The van der Waals surface area contributed by atoms with Crippen molar-refractivity contribution in [1.82, 2.24) is 4.90 Å². The zero-order chi connectivity index (χ0) is 6.85. The van der Waals surface area contributed by atoms with Gasteiger partial charge in [0, 0.05) is 19.2 Å². The van der Waals surface area contributed by atoms with E-state index >= 15 is 0 Å². The number of allylic oxidation sites excluding steroid dienone is 2. The van der Waals surface area contributed by atoms with Crippen LogP contribution in [0.2, 0.25) is 0 Å². The molecule has 1 aliphatic rings. The van der Waals surface area contributed by atoms with Crippen LogP contribution in [0.15, 0.2) is 11.8 Å². The topological polar surface area (TPSA) is 20.3 Å². The van der Waals surface area contributed by atoms with Crippen LogP contribution in [0.25, 0.3) is 0 Å². The summed E-state index contributed by atoms with van der Waals surface area (Å²) >= 11 is 0. The average molecular weight is 125 g/mol. The van der Waals surface area contributed by atoms with Crippen LogP contribution in [-0.2, 0) is 4.79 Å². The largest absolute Gasteiger partial charge is 0.320 e. The lowest BCUT2D eigenvalue weighted by molar-refractivity contribution is -0.125. The second-order valence-corrected chi connectivity index (χ2v) is 2.23. The van der Waals surface area contributed by atoms with Crippen molar-refractivity contribution in [1.29, 1.82) is 0 Å². The molecular formula is C7H11NO. The summed E-state index contributed by atoms with van der Waals surface area (Å²) in [5.41, 5.74) is 1.15. The number of likely N-dealkylation sites (tertiary alicyclic amines) is 1. The van der Waals surface area contributed by atoms with Gasteiger partial charge >= 0.3 is 0 Å². The van der Waals surface area contributed by atoms with Gasteiger partial charge < -0.3 is 4.90 Å². The predicted molar refractivity (Wildman–Crippen MR) is 35.8 cm³/mol. The highest BCUT2D eigenvalue weighted by Crippen LogP contribution is 2.18. The maximum atomic E-state index is 10.8. The van der Waals surface area contributed by atoms with Crippen molar-refractivity contribution in [2.24, 2.45) is 0 Å². The van der Waals surface area contributed by atoms with Crippen LogP contribution in [0, 0.1) is 0 Å². The minimum Gasteiger partial charge on any atom is -0.320 e. The van der Waals surface area contributed by atoms with Gasteiger partial charge in [0.2, 0.25) is 5.91 Å². The van der Waals surface area contributed by atoms with Crippen molar-refractivity contribution in [2.45, 2.75) is 19.8 Å². The molecule has 0 atom stereocenters. The fraction of sp³-hybridized carbons (Fsp3) is 0.571. The SMILES string of the molecule is CC=C1CCC(=O)N1C. The molecule has 1 aliphatic heterocycles. The van der Waals surface area contributed by atoms with Crippen LogP contribution in [0.3, 0.4) is 0 Å². The molecule has 0 bridgehead atoms. The fourth-order valence-electron chi connectivity index (χ4n) is 1.07. The smallest absolute Gasteiger partial charge is 0.226 e. The minimum atomic E-state index is 0.239. The Bertz CT molecular complexity index is 160. The summed E-state index contributed by atoms with van der Waals surface area (Å²) in [5.74, 6) is 0.239. The lowest BCUT2D eigenvalue weighted by Crippen LogP contribution is -2.16. The fourth-order valence-corrected chi connectivity index (χ4v) is 1.07. The Balaban J connectivity index is 2.73. The van der Waals surface area contributed by atoms with E-state index in [1.807, 2.05) is 20.0 Å². The van der Waals surface area contributed by atoms with Crippen LogP contribution < -0.4 is 0 Å². The number of carbonyl (C=O) groups excluding carboxylic acids is 1. The number of amides is 1. The first-order chi connectivity index (χ1) is 4.25. The molecule has 1 rings (SSSR count). The molecule has 2 nitrogen and oxygen atoms in total. The van der Waals surface area contributed by atoms with E-state index < -0.39 is 0 Å². The monoisotopic (exact) mass is 125 g/mol. The molecule has 9 heavy (non-hydrogen) atoms. The van der Waals surface area contributed by atoms with E-state index in [9.17, 15) is 4.79 Å². The summed E-state index contributed by atoms with van der Waals surface area (Å²) in [7, 11) is 1.82. The van der Waals surface area contributed by atoms with Gasteiger partial charge in [0.1, 0.15) is 0 Å². The molecule has 1 fully saturated rings. The summed E-state index contributed by atoms with van der Waals surface area (Å²) in [4.78, 5) is 12.6. The Morgan fingerprint density at radius 2 is 2.22 bits per heavy atom. The average Bonchev–Trinajstić information content (AvgIpc) is 2.15. The second kappa shape index (κ2) is 2.21. The second-order valence-electron chi connectivity index (χ2n) is 2.23. The highest BCUT2D eigenvalue weighted by Gasteiger charge is 2.19. The van der Waals surface area contributed by atoms with Gasteiger partial charge in [-0.1, -0.05) is 6.08 Å².